The van der Waals surface area contributed by atoms with Crippen molar-refractivity contribution in [3.63, 3.8) is 0 Å². The first-order valence-electron chi connectivity index (χ1n) is 6.39. The molecule has 0 fully saturated rings. The van der Waals surface area contributed by atoms with Crippen LogP contribution in [0.25, 0.3) is 0 Å². The average molecular weight is 286 g/mol. The highest BCUT2D eigenvalue weighted by Gasteiger charge is 2.05. The number of amides is 1. The van der Waals surface area contributed by atoms with Crippen molar-refractivity contribution in [2.45, 2.75) is 6.42 Å². The molecule has 0 saturated carbocycles. The second-order valence-electron chi connectivity index (χ2n) is 4.30. The van der Waals surface area contributed by atoms with E-state index in [9.17, 15) is 14.9 Å². The number of nitrogens with one attached hydrogen (secondary N) is 1. The molecule has 0 radical (unpaired) electrons. The van der Waals surface area contributed by atoms with Crippen molar-refractivity contribution in [1.29, 1.82) is 0 Å². The van der Waals surface area contributed by atoms with Crippen LogP contribution in [0.2, 0.25) is 0 Å². The van der Waals surface area contributed by atoms with Gasteiger partial charge in [-0.15, -0.1) is 0 Å². The Bertz CT molecular complexity index is 611. The van der Waals surface area contributed by atoms with Gasteiger partial charge in [0.1, 0.15) is 5.75 Å². The summed E-state index contributed by atoms with van der Waals surface area (Å²) in [5.41, 5.74) is 0.954. The van der Waals surface area contributed by atoms with Crippen LogP contribution in [0, 0.1) is 10.1 Å². The summed E-state index contributed by atoms with van der Waals surface area (Å²) in [6.45, 7) is 0.392. The monoisotopic (exact) mass is 286 g/mol. The van der Waals surface area contributed by atoms with E-state index in [0.717, 1.165) is 5.56 Å². The average Bonchev–Trinajstić information content (AvgIpc) is 2.49. The Morgan fingerprint density at radius 1 is 1.10 bits per heavy atom. The van der Waals surface area contributed by atoms with Crippen molar-refractivity contribution < 1.29 is 14.5 Å². The van der Waals surface area contributed by atoms with Crippen LogP contribution in [0.5, 0.6) is 5.75 Å². The van der Waals surface area contributed by atoms with Gasteiger partial charge in [-0.2, -0.15) is 0 Å². The predicted octanol–water partition coefficient (Wildman–Crippen LogP) is 2.93. The number of rotatable bonds is 5. The highest BCUT2D eigenvalue weighted by atomic mass is 16.6. The van der Waals surface area contributed by atoms with Crippen LogP contribution in [0.3, 0.4) is 0 Å². The van der Waals surface area contributed by atoms with Gasteiger partial charge in [0, 0.05) is 18.7 Å². The summed E-state index contributed by atoms with van der Waals surface area (Å²) in [6.07, 6.45) is 0.0464. The van der Waals surface area contributed by atoms with Crippen molar-refractivity contribution in [3.8, 4) is 5.75 Å². The maximum Gasteiger partial charge on any atom is 0.412 e. The number of non-ortho nitro benzene ring substituents is 1. The van der Waals surface area contributed by atoms with Gasteiger partial charge in [0.15, 0.2) is 0 Å². The fourth-order valence-electron chi connectivity index (χ4n) is 1.72. The molecule has 6 heteroatoms. The van der Waals surface area contributed by atoms with Crippen molar-refractivity contribution >= 4 is 11.8 Å². The van der Waals surface area contributed by atoms with E-state index in [1.165, 1.54) is 12.1 Å². The zero-order valence-corrected chi connectivity index (χ0v) is 11.2. The molecule has 0 aliphatic heterocycles. The van der Waals surface area contributed by atoms with Crippen LogP contribution in [0.4, 0.5) is 10.5 Å². The lowest BCUT2D eigenvalue weighted by Crippen LogP contribution is -2.28. The quantitative estimate of drug-likeness (QED) is 0.676. The number of nitro groups is 1. The lowest BCUT2D eigenvalue weighted by atomic mass is 10.1. The number of carbonyl (C=O) groups is 1. The molecule has 0 heterocycles. The summed E-state index contributed by atoms with van der Waals surface area (Å²) in [5.74, 6) is 0.477. The van der Waals surface area contributed by atoms with Crippen molar-refractivity contribution in [2.24, 2.45) is 0 Å². The minimum Gasteiger partial charge on any atom is -0.410 e. The van der Waals surface area contributed by atoms with E-state index in [1.807, 2.05) is 6.07 Å². The summed E-state index contributed by atoms with van der Waals surface area (Å²) >= 11 is 0. The van der Waals surface area contributed by atoms with E-state index in [-0.39, 0.29) is 5.69 Å². The third kappa shape index (κ3) is 4.61. The maximum atomic E-state index is 11.5. The molecule has 6 nitrogen and oxygen atoms in total. The first-order chi connectivity index (χ1) is 10.1. The van der Waals surface area contributed by atoms with Gasteiger partial charge in [0.25, 0.3) is 5.69 Å². The van der Waals surface area contributed by atoms with Crippen LogP contribution in [-0.4, -0.2) is 17.6 Å². The van der Waals surface area contributed by atoms with E-state index >= 15 is 0 Å². The number of carbonyl (C=O) groups excluding carboxylic acids is 1. The van der Waals surface area contributed by atoms with Crippen LogP contribution in [0.15, 0.2) is 54.6 Å². The maximum absolute atomic E-state index is 11.5. The number of ether oxygens (including phenoxy) is 1. The Morgan fingerprint density at radius 2 is 1.76 bits per heavy atom. The number of para-hydroxylation sites is 1. The molecule has 0 atom stereocenters. The largest absolute Gasteiger partial charge is 0.412 e. The molecule has 0 aromatic heterocycles. The smallest absolute Gasteiger partial charge is 0.410 e. The molecule has 1 N–H and O–H groups in total. The molecule has 0 aliphatic rings. The fraction of sp³-hybridized carbons (Fsp3) is 0.133. The number of nitro benzene ring substituents is 1. The number of benzene rings is 2. The molecular formula is C15H14N2O4. The molecule has 0 aliphatic carbocycles. The van der Waals surface area contributed by atoms with E-state index < -0.39 is 11.0 Å². The van der Waals surface area contributed by atoms with E-state index in [0.29, 0.717) is 18.7 Å². The lowest BCUT2D eigenvalue weighted by Gasteiger charge is -2.06. The number of hydrogen-bond donors (Lipinski definition) is 1. The Kier molecular flexibility index (Phi) is 4.87. The van der Waals surface area contributed by atoms with Crippen molar-refractivity contribution in [3.05, 3.63) is 70.3 Å². The predicted molar refractivity (Wildman–Crippen MR) is 77.3 cm³/mol. The van der Waals surface area contributed by atoms with Crippen LogP contribution >= 0.6 is 0 Å². The second kappa shape index (κ2) is 7.04. The summed E-state index contributed by atoms with van der Waals surface area (Å²) in [6, 6.07) is 15.0. The zero-order valence-electron chi connectivity index (χ0n) is 11.2. The molecule has 0 saturated heterocycles. The van der Waals surface area contributed by atoms with Crippen LogP contribution in [0.1, 0.15) is 5.56 Å². The van der Waals surface area contributed by atoms with Crippen molar-refractivity contribution in [1.82, 2.24) is 5.32 Å². The molecule has 2 rings (SSSR count). The highest BCUT2D eigenvalue weighted by Crippen LogP contribution is 2.12. The lowest BCUT2D eigenvalue weighted by molar-refractivity contribution is -0.384. The standard InChI is InChI=1S/C15H14N2O4/c18-15(21-14-4-2-1-3-5-14)16-11-10-12-6-8-13(9-7-12)17(19)20/h1-9H,10-11H2,(H,16,18). The molecule has 21 heavy (non-hydrogen) atoms. The molecular weight excluding hydrogens is 272 g/mol. The molecule has 0 spiro atoms. The molecule has 0 unspecified atom stereocenters. The van der Waals surface area contributed by atoms with Gasteiger partial charge in [-0.05, 0) is 24.1 Å². The Hall–Kier alpha value is -2.89. The van der Waals surface area contributed by atoms with Crippen LogP contribution in [-0.2, 0) is 6.42 Å². The SMILES string of the molecule is O=C(NCCc1ccc([N+](=O)[O-])cc1)Oc1ccccc1. The van der Waals surface area contributed by atoms with E-state index in [2.05, 4.69) is 5.32 Å². The first kappa shape index (κ1) is 14.5. The molecule has 108 valence electrons. The minimum atomic E-state index is -0.525. The Morgan fingerprint density at radius 3 is 2.38 bits per heavy atom. The first-order valence-corrected chi connectivity index (χ1v) is 6.39. The zero-order chi connectivity index (χ0) is 15.1. The van der Waals surface area contributed by atoms with E-state index in [1.54, 1.807) is 36.4 Å². The Labute approximate surface area is 121 Å². The van der Waals surface area contributed by atoms with Gasteiger partial charge in [0.2, 0.25) is 0 Å². The normalized spacial score (nSPS) is 9.90. The van der Waals surface area contributed by atoms with Gasteiger partial charge < -0.3 is 10.1 Å². The van der Waals surface area contributed by atoms with Gasteiger partial charge in [-0.25, -0.2) is 4.79 Å². The van der Waals surface area contributed by atoms with E-state index in [4.69, 9.17) is 4.74 Å². The van der Waals surface area contributed by atoms with Crippen LogP contribution < -0.4 is 10.1 Å². The summed E-state index contributed by atoms with van der Waals surface area (Å²) in [4.78, 5) is 21.6. The van der Waals surface area contributed by atoms with Gasteiger partial charge in [-0.1, -0.05) is 30.3 Å². The summed E-state index contributed by atoms with van der Waals surface area (Å²) < 4.78 is 5.06. The number of nitrogens with zero attached hydrogens (tertiary/aromatic N) is 1. The van der Waals surface area contributed by atoms with Gasteiger partial charge in [-0.3, -0.25) is 10.1 Å². The molecule has 2 aromatic rings. The topological polar surface area (TPSA) is 81.5 Å². The third-order valence-electron chi connectivity index (χ3n) is 2.78. The Balaban J connectivity index is 1.76. The second-order valence-corrected chi connectivity index (χ2v) is 4.30. The summed E-state index contributed by atoms with van der Waals surface area (Å²) in [5, 5.41) is 13.1. The fourth-order valence-corrected chi connectivity index (χ4v) is 1.72. The minimum absolute atomic E-state index is 0.0511. The third-order valence-corrected chi connectivity index (χ3v) is 2.78. The summed E-state index contributed by atoms with van der Waals surface area (Å²) in [7, 11) is 0. The highest BCUT2D eigenvalue weighted by molar-refractivity contribution is 5.70. The van der Waals surface area contributed by atoms with Crippen molar-refractivity contribution in [2.75, 3.05) is 6.54 Å². The molecule has 2 aromatic carbocycles. The number of hydrogen-bond acceptors (Lipinski definition) is 4. The molecule has 0 bridgehead atoms. The van der Waals surface area contributed by atoms with Gasteiger partial charge >= 0.3 is 6.09 Å². The molecule has 1 amide bonds. The van der Waals surface area contributed by atoms with Gasteiger partial charge in [0.05, 0.1) is 4.92 Å².